The van der Waals surface area contributed by atoms with E-state index in [9.17, 15) is 22.8 Å². The molecular formula is C19H25NO7S. The molecule has 9 heteroatoms. The number of hydrogen-bond acceptors (Lipinski definition) is 7. The number of methoxy groups -OCH3 is 1. The molecule has 2 rings (SSSR count). The molecule has 0 spiro atoms. The van der Waals surface area contributed by atoms with Gasteiger partial charge in [0, 0.05) is 18.7 Å². The van der Waals surface area contributed by atoms with Crippen molar-refractivity contribution >= 4 is 27.7 Å². The summed E-state index contributed by atoms with van der Waals surface area (Å²) in [4.78, 5) is 37.9. The van der Waals surface area contributed by atoms with Crippen molar-refractivity contribution in [3.05, 3.63) is 29.8 Å². The minimum absolute atomic E-state index is 0.173. The Morgan fingerprint density at radius 1 is 1.18 bits per heavy atom. The maximum absolute atomic E-state index is 12.5. The molecule has 0 aliphatic carbocycles. The number of piperidine rings is 1. The van der Waals surface area contributed by atoms with Crippen molar-refractivity contribution in [2.75, 3.05) is 26.5 Å². The van der Waals surface area contributed by atoms with E-state index in [-0.39, 0.29) is 23.7 Å². The van der Waals surface area contributed by atoms with E-state index >= 15 is 0 Å². The normalized spacial score (nSPS) is 19.8. The molecular weight excluding hydrogens is 386 g/mol. The lowest BCUT2D eigenvalue weighted by Gasteiger charge is -2.38. The molecule has 1 heterocycles. The summed E-state index contributed by atoms with van der Waals surface area (Å²) in [5.74, 6) is -1.18. The zero-order valence-electron chi connectivity index (χ0n) is 16.2. The van der Waals surface area contributed by atoms with Crippen LogP contribution in [0.2, 0.25) is 0 Å². The summed E-state index contributed by atoms with van der Waals surface area (Å²) in [6.45, 7) is 2.18. The fraction of sp³-hybridized carbons (Fsp3) is 0.526. The minimum atomic E-state index is -3.34. The number of carbonyl (C=O) groups excluding carboxylic acids is 3. The first-order valence-corrected chi connectivity index (χ1v) is 10.9. The molecule has 28 heavy (non-hydrogen) atoms. The fourth-order valence-corrected chi connectivity index (χ4v) is 3.98. The average molecular weight is 411 g/mol. The fourth-order valence-electron chi connectivity index (χ4n) is 3.35. The SMILES string of the molecule is CCOC(=O)CC(=O)[C@@H]1CCN(C(=O)OC)[C@@H](c2ccc(S(C)(=O)=O)cc2)C1. The summed E-state index contributed by atoms with van der Waals surface area (Å²) in [5, 5.41) is 0. The second-order valence-electron chi connectivity index (χ2n) is 6.69. The number of nitrogens with zero attached hydrogens (tertiary/aromatic N) is 1. The number of benzene rings is 1. The van der Waals surface area contributed by atoms with Gasteiger partial charge in [-0.05, 0) is 37.5 Å². The Kier molecular flexibility index (Phi) is 7.17. The first kappa shape index (κ1) is 21.9. The smallest absolute Gasteiger partial charge is 0.409 e. The van der Waals surface area contributed by atoms with Crippen molar-refractivity contribution in [1.29, 1.82) is 0 Å². The van der Waals surface area contributed by atoms with Crippen molar-refractivity contribution in [2.45, 2.75) is 37.1 Å². The molecule has 1 saturated heterocycles. The van der Waals surface area contributed by atoms with Crippen LogP contribution in [0.1, 0.15) is 37.8 Å². The van der Waals surface area contributed by atoms with Crippen LogP contribution >= 0.6 is 0 Å². The average Bonchev–Trinajstić information content (AvgIpc) is 2.66. The summed E-state index contributed by atoms with van der Waals surface area (Å²) >= 11 is 0. The van der Waals surface area contributed by atoms with E-state index in [2.05, 4.69) is 0 Å². The quantitative estimate of drug-likeness (QED) is 0.521. The lowest BCUT2D eigenvalue weighted by atomic mass is 9.84. The number of sulfone groups is 1. The van der Waals surface area contributed by atoms with Gasteiger partial charge in [0.2, 0.25) is 0 Å². The summed E-state index contributed by atoms with van der Waals surface area (Å²) in [7, 11) is -2.06. The molecule has 1 amide bonds. The second-order valence-corrected chi connectivity index (χ2v) is 8.71. The van der Waals surface area contributed by atoms with Gasteiger partial charge in [0.25, 0.3) is 0 Å². The highest BCUT2D eigenvalue weighted by Gasteiger charge is 2.36. The summed E-state index contributed by atoms with van der Waals surface area (Å²) < 4.78 is 33.0. The second kappa shape index (κ2) is 9.18. The van der Waals surface area contributed by atoms with Crippen LogP contribution in [-0.4, -0.2) is 57.7 Å². The summed E-state index contributed by atoms with van der Waals surface area (Å²) in [6, 6.07) is 5.77. The Labute approximate surface area is 164 Å². The van der Waals surface area contributed by atoms with Gasteiger partial charge in [-0.3, -0.25) is 9.59 Å². The molecule has 0 N–H and O–H groups in total. The van der Waals surface area contributed by atoms with Crippen molar-refractivity contribution in [1.82, 2.24) is 4.90 Å². The third-order valence-electron chi connectivity index (χ3n) is 4.78. The van der Waals surface area contributed by atoms with Crippen molar-refractivity contribution in [3.63, 3.8) is 0 Å². The van der Waals surface area contributed by atoms with E-state index < -0.39 is 33.9 Å². The van der Waals surface area contributed by atoms with E-state index in [1.807, 2.05) is 0 Å². The van der Waals surface area contributed by atoms with Gasteiger partial charge in [0.15, 0.2) is 9.84 Å². The Morgan fingerprint density at radius 2 is 1.82 bits per heavy atom. The first-order chi connectivity index (χ1) is 13.2. The molecule has 154 valence electrons. The summed E-state index contributed by atoms with van der Waals surface area (Å²) in [6.07, 6.45) is 1.05. The minimum Gasteiger partial charge on any atom is -0.466 e. The topological polar surface area (TPSA) is 107 Å². The Hall–Kier alpha value is -2.42. The molecule has 2 atom stereocenters. The number of amides is 1. The van der Waals surface area contributed by atoms with Crippen LogP contribution in [0.15, 0.2) is 29.2 Å². The van der Waals surface area contributed by atoms with E-state index in [4.69, 9.17) is 9.47 Å². The highest BCUT2D eigenvalue weighted by molar-refractivity contribution is 7.90. The van der Waals surface area contributed by atoms with Gasteiger partial charge in [-0.25, -0.2) is 13.2 Å². The maximum atomic E-state index is 12.5. The predicted molar refractivity (Wildman–Crippen MR) is 100 cm³/mol. The molecule has 0 unspecified atom stereocenters. The Bertz CT molecular complexity index is 832. The van der Waals surface area contributed by atoms with E-state index in [0.29, 0.717) is 24.9 Å². The number of rotatable bonds is 6. The predicted octanol–water partition coefficient (Wildman–Crippen LogP) is 2.13. The monoisotopic (exact) mass is 411 g/mol. The van der Waals surface area contributed by atoms with Crippen LogP contribution in [0.25, 0.3) is 0 Å². The Morgan fingerprint density at radius 3 is 2.36 bits per heavy atom. The molecule has 0 aromatic heterocycles. The summed E-state index contributed by atoms with van der Waals surface area (Å²) in [5.41, 5.74) is 0.700. The molecule has 1 fully saturated rings. The molecule has 1 aromatic rings. The van der Waals surface area contributed by atoms with Gasteiger partial charge < -0.3 is 14.4 Å². The Balaban J connectivity index is 2.24. The molecule has 1 aromatic carbocycles. The van der Waals surface area contributed by atoms with Crippen molar-refractivity contribution in [3.8, 4) is 0 Å². The lowest BCUT2D eigenvalue weighted by molar-refractivity contribution is -0.146. The first-order valence-electron chi connectivity index (χ1n) is 9.00. The van der Waals surface area contributed by atoms with Gasteiger partial charge in [-0.2, -0.15) is 0 Å². The standard InChI is InChI=1S/C19H25NO7S/c1-4-27-18(22)12-17(21)14-9-10-20(19(23)26-2)16(11-14)13-5-7-15(8-6-13)28(3,24)25/h5-8,14,16H,4,9-12H2,1-3H3/t14-,16-/m1/s1. The number of hydrogen-bond donors (Lipinski definition) is 0. The highest BCUT2D eigenvalue weighted by Crippen LogP contribution is 2.36. The lowest BCUT2D eigenvalue weighted by Crippen LogP contribution is -2.43. The number of likely N-dealkylation sites (tertiary alicyclic amines) is 1. The van der Waals surface area contributed by atoms with Gasteiger partial charge in [-0.15, -0.1) is 0 Å². The van der Waals surface area contributed by atoms with Gasteiger partial charge in [0.1, 0.15) is 12.2 Å². The third-order valence-corrected chi connectivity index (χ3v) is 5.91. The van der Waals surface area contributed by atoms with E-state index in [1.54, 1.807) is 19.1 Å². The maximum Gasteiger partial charge on any atom is 0.409 e. The van der Waals surface area contributed by atoms with Crippen molar-refractivity contribution < 1.29 is 32.3 Å². The number of ketones is 1. The zero-order chi connectivity index (χ0) is 20.9. The molecule has 0 radical (unpaired) electrons. The van der Waals surface area contributed by atoms with E-state index in [0.717, 1.165) is 6.26 Å². The van der Waals surface area contributed by atoms with E-state index in [1.165, 1.54) is 24.1 Å². The van der Waals surface area contributed by atoms with Crippen LogP contribution in [-0.2, 0) is 28.9 Å². The van der Waals surface area contributed by atoms with Crippen LogP contribution in [0.3, 0.4) is 0 Å². The number of esters is 1. The largest absolute Gasteiger partial charge is 0.466 e. The van der Waals surface area contributed by atoms with Crippen LogP contribution in [0, 0.1) is 5.92 Å². The van der Waals surface area contributed by atoms with Gasteiger partial charge >= 0.3 is 12.1 Å². The van der Waals surface area contributed by atoms with Crippen LogP contribution in [0.5, 0.6) is 0 Å². The zero-order valence-corrected chi connectivity index (χ0v) is 17.0. The third kappa shape index (κ3) is 5.31. The molecule has 8 nitrogen and oxygen atoms in total. The van der Waals surface area contributed by atoms with Crippen molar-refractivity contribution in [2.24, 2.45) is 5.92 Å². The molecule has 1 aliphatic rings. The highest BCUT2D eigenvalue weighted by atomic mass is 32.2. The van der Waals surface area contributed by atoms with Gasteiger partial charge in [0.05, 0.1) is 24.7 Å². The van der Waals surface area contributed by atoms with Crippen LogP contribution in [0.4, 0.5) is 4.79 Å². The number of ether oxygens (including phenoxy) is 2. The van der Waals surface area contributed by atoms with Crippen LogP contribution < -0.4 is 0 Å². The van der Waals surface area contributed by atoms with Gasteiger partial charge in [-0.1, -0.05) is 12.1 Å². The number of carbonyl (C=O) groups is 3. The molecule has 1 aliphatic heterocycles. The molecule has 0 bridgehead atoms. The molecule has 0 saturated carbocycles. The number of Topliss-reactive ketones (excluding diaryl/α,β-unsaturated/α-hetero) is 1.